The van der Waals surface area contributed by atoms with Crippen molar-refractivity contribution in [2.75, 3.05) is 21.8 Å². The van der Waals surface area contributed by atoms with Gasteiger partial charge in [0.25, 0.3) is 5.91 Å². The number of benzene rings is 3. The molecule has 6 nitrogen and oxygen atoms in total. The molecule has 37 heavy (non-hydrogen) atoms. The molecule has 2 saturated heterocycles. The van der Waals surface area contributed by atoms with Crippen molar-refractivity contribution in [3.05, 3.63) is 95.0 Å². The summed E-state index contributed by atoms with van der Waals surface area (Å²) in [5.74, 6) is -1.51. The third-order valence-corrected chi connectivity index (χ3v) is 8.63. The zero-order valence-corrected chi connectivity index (χ0v) is 21.8. The molecule has 188 valence electrons. The van der Waals surface area contributed by atoms with Crippen molar-refractivity contribution >= 4 is 52.5 Å². The number of halogens is 1. The number of carbonyl (C=O) groups excluding carboxylic acids is 3. The van der Waals surface area contributed by atoms with E-state index in [-0.39, 0.29) is 23.8 Å². The Morgan fingerprint density at radius 3 is 2.46 bits per heavy atom. The van der Waals surface area contributed by atoms with E-state index in [2.05, 4.69) is 5.32 Å². The van der Waals surface area contributed by atoms with Crippen LogP contribution in [0.5, 0.6) is 0 Å². The predicted molar refractivity (Wildman–Crippen MR) is 147 cm³/mol. The Morgan fingerprint density at radius 1 is 0.946 bits per heavy atom. The van der Waals surface area contributed by atoms with Gasteiger partial charge in [0.2, 0.25) is 11.8 Å². The van der Waals surface area contributed by atoms with E-state index in [4.69, 9.17) is 11.6 Å². The van der Waals surface area contributed by atoms with Crippen LogP contribution >= 0.6 is 23.4 Å². The first-order chi connectivity index (χ1) is 18.0. The van der Waals surface area contributed by atoms with Crippen LogP contribution in [0.3, 0.4) is 0 Å². The molecule has 4 atom stereocenters. The second-order valence-corrected chi connectivity index (χ2v) is 11.2. The number of amides is 3. The van der Waals surface area contributed by atoms with Crippen molar-refractivity contribution in [3.8, 4) is 0 Å². The summed E-state index contributed by atoms with van der Waals surface area (Å²) in [6, 6.07) is 23.9. The van der Waals surface area contributed by atoms with Crippen molar-refractivity contribution in [1.29, 1.82) is 0 Å². The Labute approximate surface area is 225 Å². The molecule has 6 rings (SSSR count). The van der Waals surface area contributed by atoms with E-state index < -0.39 is 17.4 Å². The lowest BCUT2D eigenvalue weighted by molar-refractivity contribution is -0.132. The van der Waals surface area contributed by atoms with Crippen LogP contribution in [0.2, 0.25) is 5.02 Å². The van der Waals surface area contributed by atoms with Crippen molar-refractivity contribution in [2.45, 2.75) is 24.5 Å². The first-order valence-electron chi connectivity index (χ1n) is 12.3. The summed E-state index contributed by atoms with van der Waals surface area (Å²) < 4.78 is 0. The van der Waals surface area contributed by atoms with E-state index >= 15 is 0 Å². The minimum atomic E-state index is -1.31. The zero-order chi connectivity index (χ0) is 25.7. The number of hydrogen-bond donors (Lipinski definition) is 1. The van der Waals surface area contributed by atoms with E-state index in [0.29, 0.717) is 23.7 Å². The molecule has 3 aromatic rings. The second kappa shape index (κ2) is 9.31. The fraction of sp³-hybridized carbons (Fsp3) is 0.276. The largest absolute Gasteiger partial charge is 0.306 e. The standard InChI is InChI=1S/C29H26ClN3O3S/c1-37-15-14-22-24-25(27(35)33(26(24)34)20-11-7-10-19(30)16-20)29(31-22)21-12-5-6-13-23(21)32(28(29)36)17-18-8-3-2-4-9-18/h2-13,16,22,24-25,31H,14-15,17H2,1H3/t22-,24-,25+,29+/m1/s1. The van der Waals surface area contributed by atoms with Gasteiger partial charge in [-0.3, -0.25) is 19.7 Å². The summed E-state index contributed by atoms with van der Waals surface area (Å²) in [6.45, 7) is 0.382. The van der Waals surface area contributed by atoms with Crippen molar-refractivity contribution in [3.63, 3.8) is 0 Å². The topological polar surface area (TPSA) is 69.7 Å². The van der Waals surface area contributed by atoms with E-state index in [1.54, 1.807) is 40.9 Å². The summed E-state index contributed by atoms with van der Waals surface area (Å²) in [5.41, 5.74) is 1.65. The first-order valence-corrected chi connectivity index (χ1v) is 14.1. The Bertz CT molecular complexity index is 1400. The summed E-state index contributed by atoms with van der Waals surface area (Å²) in [7, 11) is 0. The van der Waals surface area contributed by atoms with Crippen LogP contribution in [0.25, 0.3) is 0 Å². The number of hydrogen-bond acceptors (Lipinski definition) is 5. The smallest absolute Gasteiger partial charge is 0.253 e. The molecule has 1 N–H and O–H groups in total. The van der Waals surface area contributed by atoms with Gasteiger partial charge in [-0.1, -0.05) is 66.2 Å². The summed E-state index contributed by atoms with van der Waals surface area (Å²) in [5, 5.41) is 4.01. The normalized spacial score (nSPS) is 26.3. The average molecular weight is 532 g/mol. The lowest BCUT2D eigenvalue weighted by Gasteiger charge is -2.30. The molecule has 1 spiro atoms. The Morgan fingerprint density at radius 2 is 1.70 bits per heavy atom. The molecule has 0 aromatic heterocycles. The number of para-hydroxylation sites is 1. The molecule has 8 heteroatoms. The third kappa shape index (κ3) is 3.63. The van der Waals surface area contributed by atoms with Crippen molar-refractivity contribution in [2.24, 2.45) is 11.8 Å². The monoisotopic (exact) mass is 531 g/mol. The fourth-order valence-corrected chi connectivity index (χ4v) is 6.91. The molecule has 3 aliphatic rings. The van der Waals surface area contributed by atoms with Crippen LogP contribution < -0.4 is 15.1 Å². The molecule has 0 radical (unpaired) electrons. The minimum Gasteiger partial charge on any atom is -0.306 e. The molecule has 0 unspecified atom stereocenters. The van der Waals surface area contributed by atoms with E-state index in [1.165, 1.54) is 4.90 Å². The molecule has 3 heterocycles. The number of thioether (sulfide) groups is 1. The predicted octanol–water partition coefficient (Wildman–Crippen LogP) is 4.61. The molecule has 3 amide bonds. The lowest BCUT2D eigenvalue weighted by atomic mass is 9.76. The van der Waals surface area contributed by atoms with Gasteiger partial charge in [-0.15, -0.1) is 0 Å². The number of imide groups is 1. The Balaban J connectivity index is 1.48. The zero-order valence-electron chi connectivity index (χ0n) is 20.3. The molecule has 3 aliphatic heterocycles. The SMILES string of the molecule is CSCC[C@H]1N[C@]2(C(=O)N(Cc3ccccc3)c3ccccc32)[C@@H]2C(=O)N(c3cccc(Cl)c3)C(=O)[C@@H]21. The fourth-order valence-electron chi connectivity index (χ4n) is 6.23. The highest BCUT2D eigenvalue weighted by Crippen LogP contribution is 2.55. The first kappa shape index (κ1) is 24.2. The highest BCUT2D eigenvalue weighted by atomic mass is 35.5. The number of anilines is 2. The molecule has 3 aromatic carbocycles. The van der Waals surface area contributed by atoms with Crippen LogP contribution in [0.1, 0.15) is 17.5 Å². The average Bonchev–Trinajstić information content (AvgIpc) is 3.47. The van der Waals surface area contributed by atoms with Gasteiger partial charge in [-0.25, -0.2) is 4.90 Å². The van der Waals surface area contributed by atoms with Gasteiger partial charge in [-0.05, 0) is 48.3 Å². The van der Waals surface area contributed by atoms with Gasteiger partial charge in [0.15, 0.2) is 0 Å². The highest BCUT2D eigenvalue weighted by molar-refractivity contribution is 7.98. The lowest BCUT2D eigenvalue weighted by Crippen LogP contribution is -2.55. The summed E-state index contributed by atoms with van der Waals surface area (Å²) in [4.78, 5) is 45.5. The number of nitrogens with one attached hydrogen (secondary N) is 1. The highest BCUT2D eigenvalue weighted by Gasteiger charge is 2.71. The Kier molecular flexibility index (Phi) is 6.10. The van der Waals surface area contributed by atoms with Crippen LogP contribution in [0, 0.1) is 11.8 Å². The number of nitrogens with zero attached hydrogens (tertiary/aromatic N) is 2. The van der Waals surface area contributed by atoms with Crippen LogP contribution in [-0.4, -0.2) is 35.8 Å². The maximum Gasteiger partial charge on any atom is 0.253 e. The molecular formula is C29H26ClN3O3S. The molecule has 0 saturated carbocycles. The minimum absolute atomic E-state index is 0.187. The molecule has 0 bridgehead atoms. The van der Waals surface area contributed by atoms with E-state index in [1.807, 2.05) is 60.9 Å². The van der Waals surface area contributed by atoms with Crippen molar-refractivity contribution < 1.29 is 14.4 Å². The van der Waals surface area contributed by atoms with Gasteiger partial charge in [0, 0.05) is 22.3 Å². The van der Waals surface area contributed by atoms with Gasteiger partial charge < -0.3 is 4.90 Å². The van der Waals surface area contributed by atoms with Gasteiger partial charge in [-0.2, -0.15) is 11.8 Å². The maximum atomic E-state index is 14.5. The summed E-state index contributed by atoms with van der Waals surface area (Å²) in [6.07, 6.45) is 2.68. The molecule has 0 aliphatic carbocycles. The number of fused-ring (bicyclic) bond motifs is 4. The second-order valence-electron chi connectivity index (χ2n) is 9.73. The van der Waals surface area contributed by atoms with Crippen molar-refractivity contribution in [1.82, 2.24) is 5.32 Å². The maximum absolute atomic E-state index is 14.5. The van der Waals surface area contributed by atoms with Gasteiger partial charge in [0.05, 0.1) is 24.1 Å². The van der Waals surface area contributed by atoms with Crippen LogP contribution in [-0.2, 0) is 26.5 Å². The molecular weight excluding hydrogens is 506 g/mol. The number of rotatable bonds is 6. The quantitative estimate of drug-likeness (QED) is 0.470. The van der Waals surface area contributed by atoms with Gasteiger partial charge in [0.1, 0.15) is 5.54 Å². The van der Waals surface area contributed by atoms with E-state index in [9.17, 15) is 14.4 Å². The van der Waals surface area contributed by atoms with Crippen LogP contribution in [0.4, 0.5) is 11.4 Å². The Hall–Kier alpha value is -3.13. The van der Waals surface area contributed by atoms with Crippen LogP contribution in [0.15, 0.2) is 78.9 Å². The molecule has 2 fully saturated rings. The van der Waals surface area contributed by atoms with E-state index in [0.717, 1.165) is 22.6 Å². The summed E-state index contributed by atoms with van der Waals surface area (Å²) >= 11 is 7.90. The number of carbonyl (C=O) groups is 3. The van der Waals surface area contributed by atoms with Gasteiger partial charge >= 0.3 is 0 Å². The third-order valence-electron chi connectivity index (χ3n) is 7.75.